The molecule has 3 aromatic rings. The van der Waals surface area contributed by atoms with E-state index in [1.165, 1.54) is 42.8 Å². The molecule has 11 heteroatoms. The number of anilines is 2. The predicted octanol–water partition coefficient (Wildman–Crippen LogP) is 3.46. The maximum Gasteiger partial charge on any atom is 0.312 e. The zero-order valence-corrected chi connectivity index (χ0v) is 18.9. The molecule has 32 heavy (non-hydrogen) atoms. The first-order valence-electron chi connectivity index (χ1n) is 9.67. The summed E-state index contributed by atoms with van der Waals surface area (Å²) < 4.78 is 29.3. The van der Waals surface area contributed by atoms with Gasteiger partial charge in [-0.3, -0.25) is 24.3 Å². The van der Waals surface area contributed by atoms with E-state index in [2.05, 4.69) is 15.1 Å². The van der Waals surface area contributed by atoms with E-state index in [1.54, 1.807) is 0 Å². The Kier molecular flexibility index (Phi) is 6.30. The van der Waals surface area contributed by atoms with Gasteiger partial charge < -0.3 is 5.32 Å². The summed E-state index contributed by atoms with van der Waals surface area (Å²) in [5, 5.41) is 17.8. The van der Waals surface area contributed by atoms with Crippen LogP contribution in [0.1, 0.15) is 22.5 Å². The van der Waals surface area contributed by atoms with Gasteiger partial charge in [0.2, 0.25) is 5.91 Å². The van der Waals surface area contributed by atoms with Crippen LogP contribution in [0.2, 0.25) is 0 Å². The average molecular weight is 458 g/mol. The van der Waals surface area contributed by atoms with Crippen molar-refractivity contribution in [1.82, 2.24) is 9.78 Å². The van der Waals surface area contributed by atoms with Crippen LogP contribution in [0.15, 0.2) is 47.4 Å². The Bertz CT molecular complexity index is 1280. The lowest BCUT2D eigenvalue weighted by Gasteiger charge is -2.13. The van der Waals surface area contributed by atoms with Crippen molar-refractivity contribution in [2.24, 2.45) is 0 Å². The number of aryl methyl sites for hydroxylation is 3. The van der Waals surface area contributed by atoms with Gasteiger partial charge in [0.15, 0.2) is 0 Å². The van der Waals surface area contributed by atoms with E-state index in [0.717, 1.165) is 11.1 Å². The number of nitrogens with zero attached hydrogens (tertiary/aromatic N) is 3. The summed E-state index contributed by atoms with van der Waals surface area (Å²) in [5.41, 5.74) is 2.92. The fourth-order valence-electron chi connectivity index (χ4n) is 3.33. The number of carbonyl (C=O) groups excluding carboxylic acids is 1. The molecule has 0 aliphatic rings. The van der Waals surface area contributed by atoms with Crippen LogP contribution in [-0.4, -0.2) is 29.0 Å². The second-order valence-electron chi connectivity index (χ2n) is 7.38. The molecule has 10 nitrogen and oxygen atoms in total. The Morgan fingerprint density at radius 3 is 2.19 bits per heavy atom. The fraction of sp³-hybridized carbons (Fsp3) is 0.238. The number of nitro groups is 1. The van der Waals surface area contributed by atoms with E-state index in [-0.39, 0.29) is 28.5 Å². The molecule has 0 unspecified atom stereocenters. The van der Waals surface area contributed by atoms with Crippen LogP contribution in [-0.2, 0) is 21.4 Å². The Morgan fingerprint density at radius 2 is 1.66 bits per heavy atom. The van der Waals surface area contributed by atoms with Crippen molar-refractivity contribution in [3.8, 4) is 0 Å². The second-order valence-corrected chi connectivity index (χ2v) is 9.06. The summed E-state index contributed by atoms with van der Waals surface area (Å²) in [6.07, 6.45) is 0. The highest BCUT2D eigenvalue weighted by atomic mass is 32.2. The van der Waals surface area contributed by atoms with Crippen molar-refractivity contribution in [3.63, 3.8) is 0 Å². The molecule has 168 valence electrons. The van der Waals surface area contributed by atoms with Gasteiger partial charge in [0, 0.05) is 5.69 Å². The molecule has 0 saturated heterocycles. The van der Waals surface area contributed by atoms with Crippen LogP contribution in [0.25, 0.3) is 0 Å². The molecule has 2 aromatic carbocycles. The predicted molar refractivity (Wildman–Crippen MR) is 120 cm³/mol. The third kappa shape index (κ3) is 4.78. The number of benzene rings is 2. The quantitative estimate of drug-likeness (QED) is 0.412. The van der Waals surface area contributed by atoms with Crippen LogP contribution in [0, 0.1) is 37.8 Å². The van der Waals surface area contributed by atoms with Gasteiger partial charge in [0.25, 0.3) is 10.0 Å². The van der Waals surface area contributed by atoms with E-state index in [9.17, 15) is 23.3 Å². The van der Waals surface area contributed by atoms with Crippen LogP contribution < -0.4 is 10.0 Å². The number of amides is 1. The largest absolute Gasteiger partial charge is 0.324 e. The van der Waals surface area contributed by atoms with Gasteiger partial charge in [0.1, 0.15) is 17.9 Å². The molecule has 3 rings (SSSR count). The van der Waals surface area contributed by atoms with Crippen molar-refractivity contribution >= 4 is 33.0 Å². The number of para-hydroxylation sites is 1. The normalized spacial score (nSPS) is 11.2. The molecule has 1 aromatic heterocycles. The standard InChI is InChI=1S/C21H23N5O5S/c1-13-6-5-7-14(2)20(13)24-32(30,31)18-10-8-17(9-11-18)22-19(27)12-25-16(4)21(26(28)29)15(3)23-25/h5-11,24H,12H2,1-4H3,(H,22,27). The minimum Gasteiger partial charge on any atom is -0.324 e. The summed E-state index contributed by atoms with van der Waals surface area (Å²) in [6, 6.07) is 11.2. The van der Waals surface area contributed by atoms with Gasteiger partial charge in [-0.2, -0.15) is 5.10 Å². The van der Waals surface area contributed by atoms with Crippen molar-refractivity contribution in [1.29, 1.82) is 0 Å². The minimum atomic E-state index is -3.81. The number of sulfonamides is 1. The smallest absolute Gasteiger partial charge is 0.312 e. The lowest BCUT2D eigenvalue weighted by molar-refractivity contribution is -0.386. The maximum absolute atomic E-state index is 12.7. The third-order valence-electron chi connectivity index (χ3n) is 4.99. The molecule has 1 amide bonds. The maximum atomic E-state index is 12.7. The molecule has 0 saturated carbocycles. The van der Waals surface area contributed by atoms with Crippen LogP contribution >= 0.6 is 0 Å². The Hall–Kier alpha value is -3.73. The van der Waals surface area contributed by atoms with Gasteiger partial charge >= 0.3 is 5.69 Å². The molecule has 0 atom stereocenters. The Balaban J connectivity index is 1.71. The lowest BCUT2D eigenvalue weighted by atomic mass is 10.1. The van der Waals surface area contributed by atoms with Gasteiger partial charge in [-0.25, -0.2) is 8.42 Å². The van der Waals surface area contributed by atoms with Crippen LogP contribution in [0.5, 0.6) is 0 Å². The summed E-state index contributed by atoms with van der Waals surface area (Å²) in [4.78, 5) is 23.0. The first kappa shape index (κ1) is 22.9. The van der Waals surface area contributed by atoms with Crippen LogP contribution in [0.4, 0.5) is 17.1 Å². The number of aromatic nitrogens is 2. The van der Waals surface area contributed by atoms with Crippen molar-refractivity contribution < 1.29 is 18.1 Å². The number of hydrogen-bond acceptors (Lipinski definition) is 6. The van der Waals surface area contributed by atoms with Gasteiger partial charge in [-0.15, -0.1) is 0 Å². The molecule has 0 aliphatic carbocycles. The molecular weight excluding hydrogens is 434 g/mol. The van der Waals surface area contributed by atoms with Gasteiger partial charge in [-0.1, -0.05) is 18.2 Å². The molecule has 0 radical (unpaired) electrons. The second kappa shape index (κ2) is 8.79. The SMILES string of the molecule is Cc1cccc(C)c1NS(=O)(=O)c1ccc(NC(=O)Cn2nc(C)c([N+](=O)[O-])c2C)cc1. The van der Waals surface area contributed by atoms with Crippen LogP contribution in [0.3, 0.4) is 0 Å². The molecule has 0 bridgehead atoms. The van der Waals surface area contributed by atoms with Crippen molar-refractivity contribution in [2.45, 2.75) is 39.1 Å². The highest BCUT2D eigenvalue weighted by Gasteiger charge is 2.23. The van der Waals surface area contributed by atoms with Crippen molar-refractivity contribution in [2.75, 3.05) is 10.0 Å². The number of rotatable bonds is 7. The Labute approximate surface area is 185 Å². The van der Waals surface area contributed by atoms with Crippen molar-refractivity contribution in [3.05, 3.63) is 75.1 Å². The molecule has 0 aliphatic heterocycles. The highest BCUT2D eigenvalue weighted by molar-refractivity contribution is 7.92. The summed E-state index contributed by atoms with van der Waals surface area (Å²) in [6.45, 7) is 6.45. The zero-order valence-electron chi connectivity index (χ0n) is 18.0. The average Bonchev–Trinajstić information content (AvgIpc) is 2.98. The molecule has 0 fully saturated rings. The van der Waals surface area contributed by atoms with E-state index >= 15 is 0 Å². The fourth-order valence-corrected chi connectivity index (χ4v) is 4.53. The van der Waals surface area contributed by atoms with E-state index in [1.807, 2.05) is 32.0 Å². The summed E-state index contributed by atoms with van der Waals surface area (Å²) in [5.74, 6) is -0.449. The number of carbonyl (C=O) groups is 1. The monoisotopic (exact) mass is 457 g/mol. The molecule has 0 spiro atoms. The topological polar surface area (TPSA) is 136 Å². The molecule has 2 N–H and O–H groups in total. The zero-order chi connectivity index (χ0) is 23.6. The van der Waals surface area contributed by atoms with E-state index in [0.29, 0.717) is 11.4 Å². The summed E-state index contributed by atoms with van der Waals surface area (Å²) in [7, 11) is -3.81. The Morgan fingerprint density at radius 1 is 1.06 bits per heavy atom. The van der Waals surface area contributed by atoms with E-state index in [4.69, 9.17) is 0 Å². The first-order valence-corrected chi connectivity index (χ1v) is 11.2. The van der Waals surface area contributed by atoms with Gasteiger partial charge in [0.05, 0.1) is 15.5 Å². The molecular formula is C21H23N5O5S. The highest BCUT2D eigenvalue weighted by Crippen LogP contribution is 2.24. The number of hydrogen-bond donors (Lipinski definition) is 2. The number of nitrogens with one attached hydrogen (secondary N) is 2. The third-order valence-corrected chi connectivity index (χ3v) is 6.35. The lowest BCUT2D eigenvalue weighted by Crippen LogP contribution is -2.20. The van der Waals surface area contributed by atoms with Gasteiger partial charge in [-0.05, 0) is 63.1 Å². The molecule has 1 heterocycles. The summed E-state index contributed by atoms with van der Waals surface area (Å²) >= 11 is 0. The van der Waals surface area contributed by atoms with E-state index < -0.39 is 20.9 Å². The minimum absolute atomic E-state index is 0.0484. The first-order chi connectivity index (χ1) is 15.0.